The Kier molecular flexibility index (Phi) is 4.82. The fraction of sp³-hybridized carbons (Fsp3) is 0.739. The van der Waals surface area contributed by atoms with Gasteiger partial charge < -0.3 is 14.8 Å². The van der Waals surface area contributed by atoms with Gasteiger partial charge in [-0.1, -0.05) is 29.8 Å². The third-order valence-corrected chi connectivity index (χ3v) is 7.71. The Bertz CT molecular complexity index is 713. The highest BCUT2D eigenvalue weighted by Gasteiger charge is 2.59. The predicted octanol–water partition coefficient (Wildman–Crippen LogP) is 6.08. The second kappa shape index (κ2) is 6.66. The zero-order valence-electron chi connectivity index (χ0n) is 17.5. The van der Waals surface area contributed by atoms with Crippen LogP contribution in [0.5, 0.6) is 11.5 Å². The molecule has 4 saturated carbocycles. The van der Waals surface area contributed by atoms with E-state index >= 15 is 0 Å². The highest BCUT2D eigenvalue weighted by atomic mass is 79.9. The van der Waals surface area contributed by atoms with Crippen LogP contribution >= 0.6 is 15.9 Å². The van der Waals surface area contributed by atoms with Crippen LogP contribution in [-0.2, 0) is 6.54 Å². The molecule has 5 rings (SSSR count). The third-order valence-electron chi connectivity index (χ3n) is 6.98. The predicted molar refractivity (Wildman–Crippen MR) is 113 cm³/mol. The van der Waals surface area contributed by atoms with Crippen molar-refractivity contribution in [2.24, 2.45) is 16.7 Å². The Morgan fingerprint density at radius 3 is 2.30 bits per heavy atom. The minimum Gasteiger partial charge on any atom is -0.493 e. The SMILES string of the molecule is COc1cc(CNC23CC4CC(C)(CC(C)(C4)C2)C3)c(Br)cc1OC(C)C. The molecule has 4 aliphatic carbocycles. The average Bonchev–Trinajstić information content (AvgIpc) is 2.50. The Labute approximate surface area is 172 Å². The Hall–Kier alpha value is -0.740. The number of ether oxygens (including phenoxy) is 2. The summed E-state index contributed by atoms with van der Waals surface area (Å²) in [6.07, 6.45) is 8.42. The number of nitrogens with one attached hydrogen (secondary N) is 1. The highest BCUT2D eigenvalue weighted by molar-refractivity contribution is 9.10. The standard InChI is InChI=1S/C23H34BrNO2/c1-15(2)27-20-7-18(24)17(6-19(20)26-5)11-25-23-10-16-8-21(3,13-23)12-22(4,9-16)14-23/h6-7,15-16,25H,8-14H2,1-5H3. The monoisotopic (exact) mass is 435 g/mol. The molecule has 1 N–H and O–H groups in total. The molecule has 1 aromatic carbocycles. The van der Waals surface area contributed by atoms with Crippen molar-refractivity contribution in [2.75, 3.05) is 7.11 Å². The van der Waals surface area contributed by atoms with Gasteiger partial charge in [0.15, 0.2) is 11.5 Å². The molecule has 2 atom stereocenters. The first-order valence-electron chi connectivity index (χ1n) is 10.4. The Morgan fingerprint density at radius 2 is 1.74 bits per heavy atom. The van der Waals surface area contributed by atoms with E-state index in [1.807, 2.05) is 13.8 Å². The van der Waals surface area contributed by atoms with Crippen LogP contribution in [0.4, 0.5) is 0 Å². The molecular formula is C23H34BrNO2. The molecule has 0 spiro atoms. The van der Waals surface area contributed by atoms with Crippen molar-refractivity contribution >= 4 is 15.9 Å². The van der Waals surface area contributed by atoms with Crippen LogP contribution < -0.4 is 14.8 Å². The van der Waals surface area contributed by atoms with Gasteiger partial charge in [-0.3, -0.25) is 0 Å². The Morgan fingerprint density at radius 1 is 1.07 bits per heavy atom. The van der Waals surface area contributed by atoms with Gasteiger partial charge in [-0.15, -0.1) is 0 Å². The van der Waals surface area contributed by atoms with Crippen molar-refractivity contribution in [3.05, 3.63) is 22.2 Å². The van der Waals surface area contributed by atoms with E-state index in [-0.39, 0.29) is 6.10 Å². The van der Waals surface area contributed by atoms with E-state index in [1.165, 1.54) is 44.1 Å². The number of hydrogen-bond donors (Lipinski definition) is 1. The molecular weight excluding hydrogens is 402 g/mol. The van der Waals surface area contributed by atoms with E-state index in [9.17, 15) is 0 Å². The van der Waals surface area contributed by atoms with Crippen molar-refractivity contribution in [1.29, 1.82) is 0 Å². The van der Waals surface area contributed by atoms with Gasteiger partial charge in [-0.05, 0) is 86.8 Å². The van der Waals surface area contributed by atoms with Crippen LogP contribution in [0.2, 0.25) is 0 Å². The van der Waals surface area contributed by atoms with E-state index in [4.69, 9.17) is 9.47 Å². The number of rotatable bonds is 6. The minimum absolute atomic E-state index is 0.128. The van der Waals surface area contributed by atoms with E-state index in [2.05, 4.69) is 47.2 Å². The van der Waals surface area contributed by atoms with E-state index in [1.54, 1.807) is 7.11 Å². The fourth-order valence-corrected chi connectivity index (χ4v) is 7.61. The highest BCUT2D eigenvalue weighted by Crippen LogP contribution is 2.66. The lowest BCUT2D eigenvalue weighted by molar-refractivity contribution is -0.118. The van der Waals surface area contributed by atoms with Crippen molar-refractivity contribution in [3.8, 4) is 11.5 Å². The molecule has 27 heavy (non-hydrogen) atoms. The van der Waals surface area contributed by atoms with E-state index in [0.717, 1.165) is 28.4 Å². The van der Waals surface area contributed by atoms with Crippen molar-refractivity contribution in [2.45, 2.75) is 84.4 Å². The molecule has 0 aliphatic heterocycles. The molecule has 4 aliphatic rings. The zero-order valence-corrected chi connectivity index (χ0v) is 19.0. The summed E-state index contributed by atoms with van der Waals surface area (Å²) >= 11 is 3.76. The van der Waals surface area contributed by atoms with Gasteiger partial charge in [-0.25, -0.2) is 0 Å². The summed E-state index contributed by atoms with van der Waals surface area (Å²) in [5.41, 5.74) is 2.62. The number of benzene rings is 1. The smallest absolute Gasteiger partial charge is 0.162 e. The van der Waals surface area contributed by atoms with Crippen molar-refractivity contribution < 1.29 is 9.47 Å². The lowest BCUT2D eigenvalue weighted by Gasteiger charge is -2.65. The fourth-order valence-electron chi connectivity index (χ4n) is 7.15. The van der Waals surface area contributed by atoms with E-state index < -0.39 is 0 Å². The second-order valence-electron chi connectivity index (χ2n) is 10.5. The van der Waals surface area contributed by atoms with Gasteiger partial charge in [0, 0.05) is 16.6 Å². The van der Waals surface area contributed by atoms with E-state index in [0.29, 0.717) is 16.4 Å². The van der Waals surface area contributed by atoms with Gasteiger partial charge >= 0.3 is 0 Å². The van der Waals surface area contributed by atoms with Crippen LogP contribution in [0.1, 0.15) is 71.8 Å². The topological polar surface area (TPSA) is 30.5 Å². The molecule has 0 amide bonds. The molecule has 3 nitrogen and oxygen atoms in total. The number of methoxy groups -OCH3 is 1. The van der Waals surface area contributed by atoms with Crippen LogP contribution in [0.3, 0.4) is 0 Å². The lowest BCUT2D eigenvalue weighted by Crippen LogP contribution is -2.63. The van der Waals surface area contributed by atoms with Crippen LogP contribution in [-0.4, -0.2) is 18.8 Å². The molecule has 150 valence electrons. The molecule has 4 fully saturated rings. The van der Waals surface area contributed by atoms with Crippen molar-refractivity contribution in [3.63, 3.8) is 0 Å². The third kappa shape index (κ3) is 3.76. The van der Waals surface area contributed by atoms with Gasteiger partial charge in [0.25, 0.3) is 0 Å². The maximum absolute atomic E-state index is 5.90. The van der Waals surface area contributed by atoms with Gasteiger partial charge in [0.2, 0.25) is 0 Å². The molecule has 2 unspecified atom stereocenters. The molecule has 4 bridgehead atoms. The molecule has 0 aromatic heterocycles. The molecule has 0 heterocycles. The van der Waals surface area contributed by atoms with Crippen LogP contribution in [0.15, 0.2) is 16.6 Å². The molecule has 0 saturated heterocycles. The van der Waals surface area contributed by atoms with Gasteiger partial charge in [-0.2, -0.15) is 0 Å². The summed E-state index contributed by atoms with van der Waals surface area (Å²) in [6, 6.07) is 4.18. The molecule has 0 radical (unpaired) electrons. The quantitative estimate of drug-likeness (QED) is 0.586. The maximum atomic E-state index is 5.90. The zero-order chi connectivity index (χ0) is 19.4. The molecule has 4 heteroatoms. The van der Waals surface area contributed by atoms with Crippen molar-refractivity contribution in [1.82, 2.24) is 5.32 Å². The molecule has 1 aromatic rings. The summed E-state index contributed by atoms with van der Waals surface area (Å²) in [4.78, 5) is 0. The lowest BCUT2D eigenvalue weighted by atomic mass is 9.43. The number of halogens is 1. The summed E-state index contributed by atoms with van der Waals surface area (Å²) < 4.78 is 12.6. The second-order valence-corrected chi connectivity index (χ2v) is 11.4. The largest absolute Gasteiger partial charge is 0.493 e. The Balaban J connectivity index is 1.54. The summed E-state index contributed by atoms with van der Waals surface area (Å²) in [6.45, 7) is 10.0. The summed E-state index contributed by atoms with van der Waals surface area (Å²) in [7, 11) is 1.72. The summed E-state index contributed by atoms with van der Waals surface area (Å²) in [5.74, 6) is 2.52. The first kappa shape index (κ1) is 19.6. The van der Waals surface area contributed by atoms with Crippen LogP contribution in [0.25, 0.3) is 0 Å². The number of hydrogen-bond acceptors (Lipinski definition) is 3. The average molecular weight is 436 g/mol. The first-order chi connectivity index (χ1) is 12.6. The normalized spacial score (nSPS) is 37.1. The summed E-state index contributed by atoms with van der Waals surface area (Å²) in [5, 5.41) is 4.02. The maximum Gasteiger partial charge on any atom is 0.162 e. The minimum atomic E-state index is 0.128. The van der Waals surface area contributed by atoms with Crippen LogP contribution in [0, 0.1) is 16.7 Å². The van der Waals surface area contributed by atoms with Gasteiger partial charge in [0.1, 0.15) is 0 Å². The van der Waals surface area contributed by atoms with Gasteiger partial charge in [0.05, 0.1) is 13.2 Å². The first-order valence-corrected chi connectivity index (χ1v) is 11.2.